The Balaban J connectivity index is 1.69. The largest absolute Gasteiger partial charge is 0.381 e. The van der Waals surface area contributed by atoms with Gasteiger partial charge in [-0.1, -0.05) is 5.16 Å². The van der Waals surface area contributed by atoms with Crippen LogP contribution in [0.25, 0.3) is 0 Å². The van der Waals surface area contributed by atoms with E-state index in [2.05, 4.69) is 23.9 Å². The summed E-state index contributed by atoms with van der Waals surface area (Å²) < 4.78 is 16.8. The van der Waals surface area contributed by atoms with Gasteiger partial charge in [-0.3, -0.25) is 4.79 Å². The highest BCUT2D eigenvalue weighted by Crippen LogP contribution is 2.27. The Morgan fingerprint density at radius 1 is 1.18 bits per heavy atom. The summed E-state index contributed by atoms with van der Waals surface area (Å²) in [7, 11) is 0. The van der Waals surface area contributed by atoms with Gasteiger partial charge in [0.25, 0.3) is 0 Å². The molecule has 0 N–H and O–H groups in total. The lowest BCUT2D eigenvalue weighted by atomic mass is 9.96. The lowest BCUT2D eigenvalue weighted by Crippen LogP contribution is -2.46. The highest BCUT2D eigenvalue weighted by atomic mass is 16.5. The van der Waals surface area contributed by atoms with Gasteiger partial charge in [0.2, 0.25) is 0 Å². The topological polar surface area (TPSA) is 77.7 Å². The van der Waals surface area contributed by atoms with Gasteiger partial charge in [0.05, 0.1) is 37.5 Å². The number of hydrogen-bond donors (Lipinski definition) is 0. The van der Waals surface area contributed by atoms with Gasteiger partial charge in [0.15, 0.2) is 5.78 Å². The molecule has 7 heteroatoms. The van der Waals surface area contributed by atoms with E-state index in [1.54, 1.807) is 0 Å². The second-order valence-corrected chi connectivity index (χ2v) is 7.76. The van der Waals surface area contributed by atoms with E-state index in [0.717, 1.165) is 47.8 Å². The minimum Gasteiger partial charge on any atom is -0.381 e. The molecule has 4 rings (SSSR count). The van der Waals surface area contributed by atoms with E-state index in [1.807, 2.05) is 19.1 Å². The number of pyridine rings is 1. The smallest absolute Gasteiger partial charge is 0.170 e. The van der Waals surface area contributed by atoms with Crippen LogP contribution >= 0.6 is 0 Å². The molecule has 7 nitrogen and oxygen atoms in total. The fourth-order valence-corrected chi connectivity index (χ4v) is 4.07. The van der Waals surface area contributed by atoms with Crippen LogP contribution in [0.1, 0.15) is 46.9 Å². The maximum atomic E-state index is 13.2. The predicted octanol–water partition coefficient (Wildman–Crippen LogP) is 2.53. The second-order valence-electron chi connectivity index (χ2n) is 7.76. The molecule has 0 spiro atoms. The number of anilines is 1. The highest BCUT2D eigenvalue weighted by molar-refractivity contribution is 5.99. The summed E-state index contributed by atoms with van der Waals surface area (Å²) >= 11 is 0. The first-order valence-corrected chi connectivity index (χ1v) is 9.96. The predicted molar refractivity (Wildman–Crippen MR) is 104 cm³/mol. The fourth-order valence-electron chi connectivity index (χ4n) is 4.07. The molecule has 4 heterocycles. The Bertz CT molecular complexity index is 853. The lowest BCUT2D eigenvalue weighted by molar-refractivity contribution is -0.00547. The molecule has 0 radical (unpaired) electrons. The summed E-state index contributed by atoms with van der Waals surface area (Å²) in [5.41, 5.74) is 3.49. The number of aryl methyl sites for hydroxylation is 1. The van der Waals surface area contributed by atoms with E-state index in [-0.39, 0.29) is 24.4 Å². The molecule has 2 aliphatic heterocycles. The van der Waals surface area contributed by atoms with Crippen LogP contribution in [0.3, 0.4) is 0 Å². The molecule has 28 heavy (non-hydrogen) atoms. The summed E-state index contributed by atoms with van der Waals surface area (Å²) in [4.78, 5) is 20.3. The summed E-state index contributed by atoms with van der Waals surface area (Å²) in [6.45, 7) is 8.77. The molecule has 1 fully saturated rings. The Kier molecular flexibility index (Phi) is 5.46. The second kappa shape index (κ2) is 8.01. The average Bonchev–Trinajstić information content (AvgIpc) is 2.91. The van der Waals surface area contributed by atoms with Crippen molar-refractivity contribution in [2.75, 3.05) is 31.2 Å². The van der Waals surface area contributed by atoms with Gasteiger partial charge < -0.3 is 18.9 Å². The van der Waals surface area contributed by atoms with E-state index in [9.17, 15) is 4.79 Å². The van der Waals surface area contributed by atoms with Crippen molar-refractivity contribution < 1.29 is 18.8 Å². The molecule has 0 aliphatic carbocycles. The van der Waals surface area contributed by atoms with Crippen LogP contribution in [0.5, 0.6) is 0 Å². The summed E-state index contributed by atoms with van der Waals surface area (Å²) in [5.74, 6) is 1.47. The third kappa shape index (κ3) is 4.10. The SMILES string of the molecule is Cc1cc(CC(=O)c2cc(N3C[C@@H](C)O[C@@H](C)C3)nc3c2CCOCC3)on1. The number of rotatable bonds is 4. The van der Waals surface area contributed by atoms with E-state index in [1.165, 1.54) is 0 Å². The van der Waals surface area contributed by atoms with Crippen LogP contribution in [-0.2, 0) is 28.7 Å². The molecule has 2 aromatic heterocycles. The zero-order valence-electron chi connectivity index (χ0n) is 16.7. The molecule has 0 aromatic carbocycles. The standard InChI is InChI=1S/C21H27N3O4/c1-13-8-16(28-23-13)9-20(25)18-10-21(24-11-14(2)27-15(3)12-24)22-19-5-7-26-6-4-17(18)19/h8,10,14-15H,4-7,9,11-12H2,1-3H3/t14-,15+. The normalized spacial score (nSPS) is 22.6. The molecular weight excluding hydrogens is 358 g/mol. The molecule has 0 saturated carbocycles. The number of Topliss-reactive ketones (excluding diaryl/α,β-unsaturated/α-hetero) is 1. The maximum absolute atomic E-state index is 13.2. The molecule has 0 bridgehead atoms. The number of carbonyl (C=O) groups is 1. The molecule has 1 saturated heterocycles. The maximum Gasteiger partial charge on any atom is 0.170 e. The lowest BCUT2D eigenvalue weighted by Gasteiger charge is -2.36. The zero-order valence-corrected chi connectivity index (χ0v) is 16.7. The summed E-state index contributed by atoms with van der Waals surface area (Å²) in [5, 5.41) is 3.89. The van der Waals surface area contributed by atoms with Crippen molar-refractivity contribution in [3.8, 4) is 0 Å². The number of aromatic nitrogens is 2. The van der Waals surface area contributed by atoms with Gasteiger partial charge in [-0.15, -0.1) is 0 Å². The van der Waals surface area contributed by atoms with Gasteiger partial charge in [0, 0.05) is 36.8 Å². The minimum atomic E-state index is 0.0345. The third-order valence-electron chi connectivity index (χ3n) is 5.23. The Morgan fingerprint density at radius 2 is 1.93 bits per heavy atom. The van der Waals surface area contributed by atoms with Crippen LogP contribution in [-0.4, -0.2) is 54.4 Å². The number of hydrogen-bond acceptors (Lipinski definition) is 7. The first-order chi connectivity index (χ1) is 13.5. The van der Waals surface area contributed by atoms with Crippen molar-refractivity contribution in [1.29, 1.82) is 0 Å². The van der Waals surface area contributed by atoms with Crippen molar-refractivity contribution in [3.63, 3.8) is 0 Å². The van der Waals surface area contributed by atoms with Gasteiger partial charge in [-0.25, -0.2) is 4.98 Å². The fraction of sp³-hybridized carbons (Fsp3) is 0.571. The van der Waals surface area contributed by atoms with Crippen LogP contribution in [0.15, 0.2) is 16.7 Å². The third-order valence-corrected chi connectivity index (χ3v) is 5.23. The van der Waals surface area contributed by atoms with Crippen molar-refractivity contribution in [1.82, 2.24) is 10.1 Å². The molecular formula is C21H27N3O4. The van der Waals surface area contributed by atoms with Crippen molar-refractivity contribution in [2.45, 2.75) is 52.2 Å². The number of fused-ring (bicyclic) bond motifs is 1. The molecule has 2 aromatic rings. The molecule has 0 unspecified atom stereocenters. The van der Waals surface area contributed by atoms with Gasteiger partial charge in [0.1, 0.15) is 11.6 Å². The molecule has 2 atom stereocenters. The van der Waals surface area contributed by atoms with E-state index in [4.69, 9.17) is 19.0 Å². The molecule has 0 amide bonds. The van der Waals surface area contributed by atoms with Crippen LogP contribution in [0.4, 0.5) is 5.82 Å². The average molecular weight is 385 g/mol. The number of ether oxygens (including phenoxy) is 2. The number of nitrogens with zero attached hydrogens (tertiary/aromatic N) is 3. The van der Waals surface area contributed by atoms with Gasteiger partial charge >= 0.3 is 0 Å². The van der Waals surface area contributed by atoms with Crippen LogP contribution < -0.4 is 4.90 Å². The Hall–Kier alpha value is -2.25. The monoisotopic (exact) mass is 385 g/mol. The van der Waals surface area contributed by atoms with E-state index < -0.39 is 0 Å². The van der Waals surface area contributed by atoms with Crippen molar-refractivity contribution in [2.24, 2.45) is 0 Å². The van der Waals surface area contributed by atoms with Gasteiger partial charge in [-0.2, -0.15) is 0 Å². The Morgan fingerprint density at radius 3 is 2.64 bits per heavy atom. The Labute approximate surface area is 165 Å². The number of ketones is 1. The summed E-state index contributed by atoms with van der Waals surface area (Å²) in [6, 6.07) is 3.76. The van der Waals surface area contributed by atoms with E-state index >= 15 is 0 Å². The minimum absolute atomic E-state index is 0.0345. The number of morpholine rings is 1. The molecule has 150 valence electrons. The highest BCUT2D eigenvalue weighted by Gasteiger charge is 2.27. The van der Waals surface area contributed by atoms with Gasteiger partial charge in [-0.05, 0) is 38.8 Å². The van der Waals surface area contributed by atoms with Crippen LogP contribution in [0.2, 0.25) is 0 Å². The summed E-state index contributed by atoms with van der Waals surface area (Å²) in [6.07, 6.45) is 1.89. The number of carbonyl (C=O) groups excluding carboxylic acids is 1. The first kappa shape index (κ1) is 19.1. The van der Waals surface area contributed by atoms with Crippen molar-refractivity contribution in [3.05, 3.63) is 40.4 Å². The van der Waals surface area contributed by atoms with Crippen LogP contribution in [0, 0.1) is 6.92 Å². The molecule has 2 aliphatic rings. The first-order valence-electron chi connectivity index (χ1n) is 9.96. The van der Waals surface area contributed by atoms with E-state index in [0.29, 0.717) is 25.4 Å². The van der Waals surface area contributed by atoms with Crippen molar-refractivity contribution >= 4 is 11.6 Å². The quantitative estimate of drug-likeness (QED) is 0.749. The zero-order chi connectivity index (χ0) is 19.7.